The maximum absolute atomic E-state index is 13.6. The number of nitriles is 1. The monoisotopic (exact) mass is 477 g/mol. The van der Waals surface area contributed by atoms with Gasteiger partial charge in [-0.1, -0.05) is 17.7 Å². The third-order valence-electron chi connectivity index (χ3n) is 6.47. The maximum atomic E-state index is 13.6. The van der Waals surface area contributed by atoms with Crippen LogP contribution in [0.15, 0.2) is 42.6 Å². The van der Waals surface area contributed by atoms with Crippen LogP contribution in [0.3, 0.4) is 0 Å². The number of fused-ring (bicyclic) bond motifs is 1. The maximum Gasteiger partial charge on any atom is 0.257 e. The molecule has 0 aliphatic carbocycles. The van der Waals surface area contributed by atoms with E-state index in [9.17, 15) is 10.1 Å². The third-order valence-corrected chi connectivity index (χ3v) is 6.76. The van der Waals surface area contributed by atoms with E-state index in [2.05, 4.69) is 28.3 Å². The van der Waals surface area contributed by atoms with E-state index in [4.69, 9.17) is 16.3 Å². The average Bonchev–Trinajstić information content (AvgIpc) is 2.86. The Morgan fingerprint density at radius 1 is 1.29 bits per heavy atom. The average molecular weight is 478 g/mol. The van der Waals surface area contributed by atoms with Crippen molar-refractivity contribution in [2.24, 2.45) is 0 Å². The molecule has 176 valence electrons. The summed E-state index contributed by atoms with van der Waals surface area (Å²) < 4.78 is 5.24. The molecule has 7 nitrogen and oxygen atoms in total. The van der Waals surface area contributed by atoms with Crippen molar-refractivity contribution in [3.05, 3.63) is 64.3 Å². The van der Waals surface area contributed by atoms with Gasteiger partial charge in [-0.15, -0.1) is 0 Å². The molecule has 1 aliphatic rings. The molecule has 0 bridgehead atoms. The Kier molecular flexibility index (Phi) is 7.20. The number of carbonyl (C=O) groups is 1. The molecule has 1 saturated heterocycles. The van der Waals surface area contributed by atoms with Crippen LogP contribution >= 0.6 is 11.6 Å². The molecule has 0 saturated carbocycles. The second-order valence-corrected chi connectivity index (χ2v) is 9.07. The summed E-state index contributed by atoms with van der Waals surface area (Å²) in [6, 6.07) is 13.2. The molecule has 34 heavy (non-hydrogen) atoms. The highest BCUT2D eigenvalue weighted by molar-refractivity contribution is 6.32. The van der Waals surface area contributed by atoms with E-state index < -0.39 is 0 Å². The van der Waals surface area contributed by atoms with Gasteiger partial charge in [0.2, 0.25) is 0 Å². The fourth-order valence-corrected chi connectivity index (χ4v) is 4.64. The number of rotatable bonds is 6. The van der Waals surface area contributed by atoms with Crippen molar-refractivity contribution in [1.29, 1.82) is 5.26 Å². The molecule has 2 heterocycles. The summed E-state index contributed by atoms with van der Waals surface area (Å²) in [4.78, 5) is 22.3. The molecule has 1 amide bonds. The minimum Gasteiger partial charge on any atom is -0.495 e. The Bertz CT molecular complexity index is 1250. The van der Waals surface area contributed by atoms with Crippen molar-refractivity contribution in [1.82, 2.24) is 14.8 Å². The topological polar surface area (TPSA) is 81.5 Å². The number of halogens is 1. The molecule has 0 unspecified atom stereocenters. The number of likely N-dealkylation sites (tertiary alicyclic amines) is 1. The van der Waals surface area contributed by atoms with Crippen LogP contribution in [-0.2, 0) is 6.54 Å². The van der Waals surface area contributed by atoms with Crippen LogP contribution < -0.4 is 10.1 Å². The van der Waals surface area contributed by atoms with Crippen molar-refractivity contribution in [3.8, 4) is 11.8 Å². The Hall–Kier alpha value is -3.34. The largest absolute Gasteiger partial charge is 0.495 e. The number of nitrogens with one attached hydrogen (secondary N) is 1. The van der Waals surface area contributed by atoms with Gasteiger partial charge in [-0.25, -0.2) is 0 Å². The third kappa shape index (κ3) is 4.93. The number of methoxy groups -OCH3 is 1. The lowest BCUT2D eigenvalue weighted by molar-refractivity contribution is 0.0660. The summed E-state index contributed by atoms with van der Waals surface area (Å²) in [5, 5.41) is 14.1. The second-order valence-electron chi connectivity index (χ2n) is 8.66. The Labute approximate surface area is 204 Å². The normalized spacial score (nSPS) is 14.6. The number of amides is 1. The number of benzene rings is 2. The Balaban J connectivity index is 1.69. The first-order valence-electron chi connectivity index (χ1n) is 11.3. The number of hydrogen-bond acceptors (Lipinski definition) is 6. The quantitative estimate of drug-likeness (QED) is 0.561. The smallest absolute Gasteiger partial charge is 0.257 e. The zero-order valence-corrected chi connectivity index (χ0v) is 20.4. The van der Waals surface area contributed by atoms with Gasteiger partial charge >= 0.3 is 0 Å². The minimum absolute atomic E-state index is 0.0819. The van der Waals surface area contributed by atoms with Crippen molar-refractivity contribution >= 4 is 34.1 Å². The standard InChI is InChI=1S/C26H28ClN5O2/c1-31-10-8-19(9-11-31)32(2)26(33)21-16-29-23-6-4-17(14-28)12-20(23)25(21)30-15-18-5-7-24(34-3)22(27)13-18/h4-7,12-13,16,19H,8-11,15H2,1-3H3,(H,29,30). The molecule has 1 fully saturated rings. The molecule has 2 aromatic carbocycles. The predicted molar refractivity (Wildman–Crippen MR) is 134 cm³/mol. The number of ether oxygens (including phenoxy) is 1. The van der Waals surface area contributed by atoms with Gasteiger partial charge in [0.05, 0.1) is 40.5 Å². The summed E-state index contributed by atoms with van der Waals surface area (Å²) in [7, 11) is 5.54. The van der Waals surface area contributed by atoms with Gasteiger partial charge in [-0.2, -0.15) is 5.26 Å². The van der Waals surface area contributed by atoms with E-state index in [1.165, 1.54) is 0 Å². The van der Waals surface area contributed by atoms with E-state index in [0.29, 0.717) is 39.6 Å². The first kappa shape index (κ1) is 23.8. The van der Waals surface area contributed by atoms with Gasteiger partial charge < -0.3 is 19.9 Å². The van der Waals surface area contributed by atoms with Gasteiger partial charge in [0.15, 0.2) is 0 Å². The van der Waals surface area contributed by atoms with Crippen LogP contribution in [0.1, 0.15) is 34.3 Å². The van der Waals surface area contributed by atoms with E-state index in [1.54, 1.807) is 31.5 Å². The number of nitrogens with zero attached hydrogens (tertiary/aromatic N) is 4. The summed E-state index contributed by atoms with van der Waals surface area (Å²) in [6.45, 7) is 2.37. The summed E-state index contributed by atoms with van der Waals surface area (Å²) >= 11 is 6.30. The molecule has 0 atom stereocenters. The number of aromatic nitrogens is 1. The molecule has 8 heteroatoms. The zero-order chi connectivity index (χ0) is 24.2. The lowest BCUT2D eigenvalue weighted by atomic mass is 10.0. The summed E-state index contributed by atoms with van der Waals surface area (Å²) in [5.74, 6) is 0.524. The van der Waals surface area contributed by atoms with Crippen LogP contribution in [0.4, 0.5) is 5.69 Å². The van der Waals surface area contributed by atoms with E-state index in [0.717, 1.165) is 36.9 Å². The first-order chi connectivity index (χ1) is 16.4. The van der Waals surface area contributed by atoms with E-state index in [-0.39, 0.29) is 11.9 Å². The highest BCUT2D eigenvalue weighted by atomic mass is 35.5. The van der Waals surface area contributed by atoms with Crippen LogP contribution in [0.25, 0.3) is 10.9 Å². The Morgan fingerprint density at radius 2 is 2.06 bits per heavy atom. The number of carbonyl (C=O) groups excluding carboxylic acids is 1. The molecule has 0 radical (unpaired) electrons. The van der Waals surface area contributed by atoms with E-state index >= 15 is 0 Å². The van der Waals surface area contributed by atoms with Crippen LogP contribution in [0, 0.1) is 11.3 Å². The zero-order valence-electron chi connectivity index (χ0n) is 19.6. The van der Waals surface area contributed by atoms with Crippen LogP contribution in [-0.4, -0.2) is 61.0 Å². The molecule has 1 aliphatic heterocycles. The van der Waals surface area contributed by atoms with Crippen molar-refractivity contribution in [2.45, 2.75) is 25.4 Å². The number of piperidine rings is 1. The van der Waals surface area contributed by atoms with Crippen molar-refractivity contribution in [2.75, 3.05) is 39.6 Å². The number of hydrogen-bond donors (Lipinski definition) is 1. The molecule has 1 N–H and O–H groups in total. The molecule has 3 aromatic rings. The first-order valence-corrected chi connectivity index (χ1v) is 11.6. The SMILES string of the molecule is COc1ccc(CNc2c(C(=O)N(C)C3CCN(C)CC3)cnc3ccc(C#N)cc23)cc1Cl. The van der Waals surface area contributed by atoms with Gasteiger partial charge in [0, 0.05) is 31.2 Å². The lowest BCUT2D eigenvalue weighted by Gasteiger charge is -2.35. The van der Waals surface area contributed by atoms with Crippen LogP contribution in [0.2, 0.25) is 5.02 Å². The van der Waals surface area contributed by atoms with Gasteiger partial charge in [0.1, 0.15) is 5.75 Å². The number of anilines is 1. The van der Waals surface area contributed by atoms with E-state index in [1.807, 2.05) is 30.1 Å². The fraction of sp³-hybridized carbons (Fsp3) is 0.346. The molecular formula is C26H28ClN5O2. The highest BCUT2D eigenvalue weighted by Crippen LogP contribution is 2.31. The molecule has 1 aromatic heterocycles. The van der Waals surface area contributed by atoms with Crippen molar-refractivity contribution < 1.29 is 9.53 Å². The summed E-state index contributed by atoms with van der Waals surface area (Å²) in [6.07, 6.45) is 3.50. The van der Waals surface area contributed by atoms with Gasteiger partial charge in [0.25, 0.3) is 5.91 Å². The molecule has 4 rings (SSSR count). The highest BCUT2D eigenvalue weighted by Gasteiger charge is 2.27. The number of pyridine rings is 1. The lowest BCUT2D eigenvalue weighted by Crippen LogP contribution is -2.44. The van der Waals surface area contributed by atoms with Gasteiger partial charge in [-0.3, -0.25) is 9.78 Å². The van der Waals surface area contributed by atoms with Gasteiger partial charge in [-0.05, 0) is 68.9 Å². The molecular weight excluding hydrogens is 450 g/mol. The summed E-state index contributed by atoms with van der Waals surface area (Å²) in [5.41, 5.74) is 3.32. The molecule has 0 spiro atoms. The van der Waals surface area contributed by atoms with Crippen LogP contribution in [0.5, 0.6) is 5.75 Å². The fourth-order valence-electron chi connectivity index (χ4n) is 4.36. The predicted octanol–water partition coefficient (Wildman–Crippen LogP) is 4.55. The Morgan fingerprint density at radius 3 is 2.74 bits per heavy atom. The van der Waals surface area contributed by atoms with Crippen molar-refractivity contribution in [3.63, 3.8) is 0 Å². The second kappa shape index (κ2) is 10.3. The minimum atomic E-state index is -0.0819.